The zero-order valence-corrected chi connectivity index (χ0v) is 14.2. The smallest absolute Gasteiger partial charge is 0.240 e. The third kappa shape index (κ3) is 3.42. The Labute approximate surface area is 138 Å². The summed E-state index contributed by atoms with van der Waals surface area (Å²) in [5.41, 5.74) is 0.360. The molecule has 6 heteroatoms. The van der Waals surface area contributed by atoms with Gasteiger partial charge in [-0.3, -0.25) is 4.90 Å². The van der Waals surface area contributed by atoms with Gasteiger partial charge in [0.05, 0.1) is 16.5 Å². The number of hydrogen-bond donors (Lipinski definition) is 1. The number of fused-ring (bicyclic) bond motifs is 3. The SMILES string of the molecule is CCC1CN2CCC1CC2CNS(=O)(=O)c1cccc(C#N)c1. The number of rotatable bonds is 5. The fraction of sp³-hybridized carbons (Fsp3) is 0.588. The van der Waals surface area contributed by atoms with Crippen molar-refractivity contribution in [3.63, 3.8) is 0 Å². The van der Waals surface area contributed by atoms with Crippen LogP contribution < -0.4 is 4.72 Å². The Kier molecular flexibility index (Phi) is 4.72. The normalized spacial score (nSPS) is 30.1. The molecule has 4 rings (SSSR count). The minimum Gasteiger partial charge on any atom is -0.299 e. The van der Waals surface area contributed by atoms with Crippen LogP contribution in [0.5, 0.6) is 0 Å². The first-order chi connectivity index (χ1) is 11.0. The maximum absolute atomic E-state index is 12.4. The molecule has 1 N–H and O–H groups in total. The van der Waals surface area contributed by atoms with E-state index in [0.717, 1.165) is 31.3 Å². The number of hydrogen-bond acceptors (Lipinski definition) is 4. The summed E-state index contributed by atoms with van der Waals surface area (Å²) in [6.07, 6.45) is 3.53. The van der Waals surface area contributed by atoms with Crippen LogP contribution in [0.1, 0.15) is 31.7 Å². The van der Waals surface area contributed by atoms with Crippen molar-refractivity contribution >= 4 is 10.0 Å². The molecule has 3 fully saturated rings. The summed E-state index contributed by atoms with van der Waals surface area (Å²) < 4.78 is 27.6. The van der Waals surface area contributed by atoms with Crippen molar-refractivity contribution in [3.05, 3.63) is 29.8 Å². The molecule has 4 unspecified atom stereocenters. The van der Waals surface area contributed by atoms with Crippen molar-refractivity contribution in [3.8, 4) is 6.07 Å². The van der Waals surface area contributed by atoms with Gasteiger partial charge in [-0.25, -0.2) is 13.1 Å². The first-order valence-corrected chi connectivity index (χ1v) is 9.75. The molecule has 3 heterocycles. The maximum atomic E-state index is 12.4. The van der Waals surface area contributed by atoms with Crippen molar-refractivity contribution in [1.82, 2.24) is 9.62 Å². The van der Waals surface area contributed by atoms with Crippen molar-refractivity contribution < 1.29 is 8.42 Å². The molecule has 0 aromatic heterocycles. The van der Waals surface area contributed by atoms with Gasteiger partial charge in [0.15, 0.2) is 0 Å². The molecule has 3 saturated heterocycles. The molecular weight excluding hydrogens is 310 g/mol. The van der Waals surface area contributed by atoms with Gasteiger partial charge in [0.1, 0.15) is 0 Å². The van der Waals surface area contributed by atoms with E-state index in [2.05, 4.69) is 16.5 Å². The molecule has 0 spiro atoms. The predicted octanol–water partition coefficient (Wildman–Crippen LogP) is 1.96. The Morgan fingerprint density at radius 1 is 1.43 bits per heavy atom. The molecule has 1 aromatic rings. The highest BCUT2D eigenvalue weighted by Gasteiger charge is 2.39. The van der Waals surface area contributed by atoms with Gasteiger partial charge in [0, 0.05) is 19.1 Å². The Bertz CT molecular complexity index is 711. The molecule has 1 aromatic carbocycles. The number of nitriles is 1. The van der Waals surface area contributed by atoms with Crippen molar-refractivity contribution in [2.45, 2.75) is 37.1 Å². The first-order valence-electron chi connectivity index (χ1n) is 8.27. The highest BCUT2D eigenvalue weighted by Crippen LogP contribution is 2.37. The summed E-state index contributed by atoms with van der Waals surface area (Å²) in [6, 6.07) is 8.43. The van der Waals surface area contributed by atoms with E-state index in [0.29, 0.717) is 18.2 Å². The lowest BCUT2D eigenvalue weighted by Crippen LogP contribution is -2.56. The van der Waals surface area contributed by atoms with E-state index in [1.54, 1.807) is 12.1 Å². The lowest BCUT2D eigenvalue weighted by Gasteiger charge is -2.49. The Balaban J connectivity index is 1.65. The fourth-order valence-electron chi connectivity index (χ4n) is 3.95. The van der Waals surface area contributed by atoms with Crippen molar-refractivity contribution in [1.29, 1.82) is 5.26 Å². The third-order valence-electron chi connectivity index (χ3n) is 5.32. The summed E-state index contributed by atoms with van der Waals surface area (Å²) in [5, 5.41) is 8.91. The zero-order valence-electron chi connectivity index (χ0n) is 13.4. The molecule has 3 aliphatic heterocycles. The van der Waals surface area contributed by atoms with Crippen LogP contribution in [0.4, 0.5) is 0 Å². The Hall–Kier alpha value is -1.42. The number of piperidine rings is 3. The molecule has 2 bridgehead atoms. The summed E-state index contributed by atoms with van der Waals surface area (Å²) >= 11 is 0. The highest BCUT2D eigenvalue weighted by molar-refractivity contribution is 7.89. The minimum absolute atomic E-state index is 0.166. The molecule has 124 valence electrons. The quantitative estimate of drug-likeness (QED) is 0.894. The fourth-order valence-corrected chi connectivity index (χ4v) is 5.06. The molecule has 5 nitrogen and oxygen atoms in total. The van der Waals surface area contributed by atoms with E-state index < -0.39 is 10.0 Å². The van der Waals surface area contributed by atoms with Crippen LogP contribution in [0.2, 0.25) is 0 Å². The molecule has 0 amide bonds. The number of sulfonamides is 1. The van der Waals surface area contributed by atoms with Gasteiger partial charge >= 0.3 is 0 Å². The lowest BCUT2D eigenvalue weighted by molar-refractivity contribution is 0.00236. The van der Waals surface area contributed by atoms with E-state index in [-0.39, 0.29) is 4.90 Å². The summed E-state index contributed by atoms with van der Waals surface area (Å²) in [6.45, 7) is 4.87. The number of benzene rings is 1. The van der Waals surface area contributed by atoms with Gasteiger partial charge in [-0.15, -0.1) is 0 Å². The Morgan fingerprint density at radius 2 is 2.26 bits per heavy atom. The van der Waals surface area contributed by atoms with E-state index in [1.165, 1.54) is 25.0 Å². The lowest BCUT2D eigenvalue weighted by atomic mass is 9.74. The second kappa shape index (κ2) is 6.60. The summed E-state index contributed by atoms with van der Waals surface area (Å²) in [7, 11) is -3.56. The van der Waals surface area contributed by atoms with Crippen LogP contribution in [0.3, 0.4) is 0 Å². The molecule has 4 atom stereocenters. The van der Waals surface area contributed by atoms with Gasteiger partial charge < -0.3 is 0 Å². The number of nitrogens with one attached hydrogen (secondary N) is 1. The van der Waals surface area contributed by atoms with Crippen LogP contribution in [0.25, 0.3) is 0 Å². The predicted molar refractivity (Wildman–Crippen MR) is 88.2 cm³/mol. The van der Waals surface area contributed by atoms with Gasteiger partial charge in [-0.05, 0) is 49.4 Å². The van der Waals surface area contributed by atoms with E-state index >= 15 is 0 Å². The molecule has 3 aliphatic rings. The molecule has 0 radical (unpaired) electrons. The van der Waals surface area contributed by atoms with Crippen molar-refractivity contribution in [2.24, 2.45) is 11.8 Å². The van der Waals surface area contributed by atoms with Gasteiger partial charge in [-0.2, -0.15) is 5.26 Å². The van der Waals surface area contributed by atoms with Crippen LogP contribution in [-0.4, -0.2) is 39.0 Å². The molecule has 0 aliphatic carbocycles. The second-order valence-corrected chi connectivity index (χ2v) is 8.36. The topological polar surface area (TPSA) is 73.2 Å². The average Bonchev–Trinajstić information content (AvgIpc) is 2.60. The standard InChI is InChI=1S/C17H23N3O2S/c1-2-14-12-20-7-6-15(14)9-16(20)11-19-23(21,22)17-5-3-4-13(8-17)10-18/h3-5,8,14-16,19H,2,6-7,9,11-12H2,1H3. The van der Waals surface area contributed by atoms with E-state index in [9.17, 15) is 8.42 Å². The molecular formula is C17H23N3O2S. The van der Waals surface area contributed by atoms with Crippen LogP contribution >= 0.6 is 0 Å². The van der Waals surface area contributed by atoms with E-state index in [1.807, 2.05) is 6.07 Å². The zero-order chi connectivity index (χ0) is 16.4. The highest BCUT2D eigenvalue weighted by atomic mass is 32.2. The molecule has 23 heavy (non-hydrogen) atoms. The first kappa shape index (κ1) is 16.4. The summed E-state index contributed by atoms with van der Waals surface area (Å²) in [4.78, 5) is 2.60. The van der Waals surface area contributed by atoms with Crippen LogP contribution in [0.15, 0.2) is 29.2 Å². The number of nitrogens with zero attached hydrogens (tertiary/aromatic N) is 2. The van der Waals surface area contributed by atoms with Crippen LogP contribution in [0, 0.1) is 23.2 Å². The van der Waals surface area contributed by atoms with Gasteiger partial charge in [0.2, 0.25) is 10.0 Å². The van der Waals surface area contributed by atoms with Crippen molar-refractivity contribution in [2.75, 3.05) is 19.6 Å². The van der Waals surface area contributed by atoms with Gasteiger partial charge in [-0.1, -0.05) is 19.4 Å². The summed E-state index contributed by atoms with van der Waals surface area (Å²) in [5.74, 6) is 1.50. The monoisotopic (exact) mass is 333 g/mol. The Morgan fingerprint density at radius 3 is 2.91 bits per heavy atom. The average molecular weight is 333 g/mol. The van der Waals surface area contributed by atoms with Gasteiger partial charge in [0.25, 0.3) is 0 Å². The minimum atomic E-state index is -3.56. The maximum Gasteiger partial charge on any atom is 0.240 e. The van der Waals surface area contributed by atoms with E-state index in [4.69, 9.17) is 5.26 Å². The molecule has 0 saturated carbocycles. The largest absolute Gasteiger partial charge is 0.299 e. The second-order valence-electron chi connectivity index (χ2n) is 6.59. The third-order valence-corrected chi connectivity index (χ3v) is 6.74. The van der Waals surface area contributed by atoms with Crippen LogP contribution in [-0.2, 0) is 10.0 Å².